The van der Waals surface area contributed by atoms with E-state index < -0.39 is 0 Å². The Bertz CT molecular complexity index is 462. The third-order valence-corrected chi connectivity index (χ3v) is 3.91. The van der Waals surface area contributed by atoms with Gasteiger partial charge in [-0.1, -0.05) is 13.8 Å². The van der Waals surface area contributed by atoms with E-state index in [1.54, 1.807) is 0 Å². The Morgan fingerprint density at radius 1 is 1.29 bits per heavy atom. The van der Waals surface area contributed by atoms with E-state index in [0.29, 0.717) is 0 Å². The Balaban J connectivity index is 2.22. The second-order valence-electron chi connectivity index (χ2n) is 5.54. The molecule has 1 aliphatic rings. The molecule has 5 heteroatoms. The molecule has 0 spiro atoms. The maximum Gasteiger partial charge on any atom is 0.161 e. The molecule has 0 amide bonds. The van der Waals surface area contributed by atoms with E-state index in [0.717, 1.165) is 56.5 Å². The van der Waals surface area contributed by atoms with Gasteiger partial charge in [-0.2, -0.15) is 0 Å². The normalized spacial score (nSPS) is 19.7. The smallest absolute Gasteiger partial charge is 0.161 e. The highest BCUT2D eigenvalue weighted by Gasteiger charge is 2.25. The van der Waals surface area contributed by atoms with Crippen LogP contribution in [0.1, 0.15) is 50.4 Å². The highest BCUT2D eigenvalue weighted by molar-refractivity contribution is 5.46. The van der Waals surface area contributed by atoms with Crippen molar-refractivity contribution in [2.75, 3.05) is 38.1 Å². The third-order valence-electron chi connectivity index (χ3n) is 3.91. The van der Waals surface area contributed by atoms with E-state index in [9.17, 15) is 0 Å². The molecule has 2 heterocycles. The average Bonchev–Trinajstić information content (AvgIpc) is 2.48. The van der Waals surface area contributed by atoms with Crippen LogP contribution in [0, 0.1) is 6.92 Å². The zero-order valence-electron chi connectivity index (χ0n) is 13.8. The summed E-state index contributed by atoms with van der Waals surface area (Å²) < 4.78 is 5.91. The van der Waals surface area contributed by atoms with E-state index >= 15 is 0 Å². The second kappa shape index (κ2) is 7.71. The molecular weight excluding hydrogens is 264 g/mol. The minimum Gasteiger partial charge on any atom is -0.370 e. The first kappa shape index (κ1) is 16.2. The number of hydrogen-bond donors (Lipinski definition) is 1. The van der Waals surface area contributed by atoms with Crippen LogP contribution < -0.4 is 5.32 Å². The maximum atomic E-state index is 5.91. The van der Waals surface area contributed by atoms with Gasteiger partial charge in [0.2, 0.25) is 0 Å². The van der Waals surface area contributed by atoms with E-state index in [2.05, 4.69) is 37.9 Å². The molecular formula is C16H28N4O. The first-order chi connectivity index (χ1) is 10.2. The van der Waals surface area contributed by atoms with Gasteiger partial charge in [0.15, 0.2) is 5.82 Å². The molecule has 1 aromatic heterocycles. The van der Waals surface area contributed by atoms with Crippen LogP contribution in [0.2, 0.25) is 0 Å². The molecule has 1 unspecified atom stereocenters. The zero-order chi connectivity index (χ0) is 15.2. The SMILES string of the molecule is CCCN1CCOC(c2nc(C)c(CC)c(NCC)n2)C1. The lowest BCUT2D eigenvalue weighted by Gasteiger charge is -2.32. The summed E-state index contributed by atoms with van der Waals surface area (Å²) in [5.41, 5.74) is 2.27. The van der Waals surface area contributed by atoms with Gasteiger partial charge in [-0.05, 0) is 33.2 Å². The Kier molecular flexibility index (Phi) is 5.94. The molecule has 118 valence electrons. The third kappa shape index (κ3) is 3.92. The van der Waals surface area contributed by atoms with Gasteiger partial charge in [0.05, 0.1) is 6.61 Å². The van der Waals surface area contributed by atoms with Gasteiger partial charge in [-0.15, -0.1) is 0 Å². The van der Waals surface area contributed by atoms with E-state index in [1.807, 2.05) is 0 Å². The molecule has 0 radical (unpaired) electrons. The molecule has 1 atom stereocenters. The molecule has 0 aliphatic carbocycles. The Morgan fingerprint density at radius 2 is 2.10 bits per heavy atom. The van der Waals surface area contributed by atoms with Crippen molar-refractivity contribution >= 4 is 5.82 Å². The summed E-state index contributed by atoms with van der Waals surface area (Å²) in [5.74, 6) is 1.79. The number of nitrogens with zero attached hydrogens (tertiary/aromatic N) is 3. The fraction of sp³-hybridized carbons (Fsp3) is 0.750. The van der Waals surface area contributed by atoms with Crippen LogP contribution in [0.25, 0.3) is 0 Å². The highest BCUT2D eigenvalue weighted by Crippen LogP contribution is 2.24. The fourth-order valence-electron chi connectivity index (χ4n) is 2.88. The summed E-state index contributed by atoms with van der Waals surface area (Å²) in [5, 5.41) is 3.36. The topological polar surface area (TPSA) is 50.3 Å². The number of ether oxygens (including phenoxy) is 1. The number of aromatic nitrogens is 2. The quantitative estimate of drug-likeness (QED) is 0.873. The lowest BCUT2D eigenvalue weighted by Crippen LogP contribution is -2.39. The van der Waals surface area contributed by atoms with Crippen molar-refractivity contribution in [1.29, 1.82) is 0 Å². The summed E-state index contributed by atoms with van der Waals surface area (Å²) >= 11 is 0. The molecule has 1 saturated heterocycles. The van der Waals surface area contributed by atoms with Crippen molar-refractivity contribution < 1.29 is 4.74 Å². The van der Waals surface area contributed by atoms with E-state index in [4.69, 9.17) is 14.7 Å². The molecule has 21 heavy (non-hydrogen) atoms. The van der Waals surface area contributed by atoms with Gasteiger partial charge >= 0.3 is 0 Å². The van der Waals surface area contributed by atoms with Crippen molar-refractivity contribution in [2.45, 2.75) is 46.6 Å². The van der Waals surface area contributed by atoms with Crippen LogP contribution in [0.5, 0.6) is 0 Å². The van der Waals surface area contributed by atoms with Crippen LogP contribution in [0.15, 0.2) is 0 Å². The van der Waals surface area contributed by atoms with Crippen LogP contribution in [-0.2, 0) is 11.2 Å². The van der Waals surface area contributed by atoms with Gasteiger partial charge in [0, 0.05) is 30.9 Å². The average molecular weight is 292 g/mol. The fourth-order valence-corrected chi connectivity index (χ4v) is 2.88. The van der Waals surface area contributed by atoms with Gasteiger partial charge in [0.1, 0.15) is 11.9 Å². The second-order valence-corrected chi connectivity index (χ2v) is 5.54. The van der Waals surface area contributed by atoms with Crippen molar-refractivity contribution in [3.05, 3.63) is 17.1 Å². The Morgan fingerprint density at radius 3 is 2.76 bits per heavy atom. The lowest BCUT2D eigenvalue weighted by molar-refractivity contribution is -0.0342. The Labute approximate surface area is 128 Å². The monoisotopic (exact) mass is 292 g/mol. The van der Waals surface area contributed by atoms with Gasteiger partial charge in [0.25, 0.3) is 0 Å². The first-order valence-corrected chi connectivity index (χ1v) is 8.14. The molecule has 1 fully saturated rings. The van der Waals surface area contributed by atoms with Crippen molar-refractivity contribution in [2.24, 2.45) is 0 Å². The summed E-state index contributed by atoms with van der Waals surface area (Å²) in [6, 6.07) is 0. The van der Waals surface area contributed by atoms with Crippen molar-refractivity contribution in [3.8, 4) is 0 Å². The summed E-state index contributed by atoms with van der Waals surface area (Å²) in [6.07, 6.45) is 2.11. The molecule has 5 nitrogen and oxygen atoms in total. The maximum absolute atomic E-state index is 5.91. The van der Waals surface area contributed by atoms with Crippen LogP contribution in [0.3, 0.4) is 0 Å². The standard InChI is InChI=1S/C16H28N4O/c1-5-8-20-9-10-21-14(11-20)16-18-12(4)13(6-2)15(19-16)17-7-3/h14H,5-11H2,1-4H3,(H,17,18,19). The number of hydrogen-bond acceptors (Lipinski definition) is 5. The predicted molar refractivity (Wildman–Crippen MR) is 85.7 cm³/mol. The number of nitrogens with one attached hydrogen (secondary N) is 1. The first-order valence-electron chi connectivity index (χ1n) is 8.14. The van der Waals surface area contributed by atoms with Gasteiger partial charge in [-0.3, -0.25) is 4.90 Å². The van der Waals surface area contributed by atoms with Crippen LogP contribution in [0.4, 0.5) is 5.82 Å². The predicted octanol–water partition coefficient (Wildman–Crippen LogP) is 2.56. The molecule has 2 rings (SSSR count). The minimum atomic E-state index is -0.00712. The van der Waals surface area contributed by atoms with Crippen LogP contribution in [-0.4, -0.2) is 47.7 Å². The number of morpholine rings is 1. The summed E-state index contributed by atoms with van der Waals surface area (Å²) in [6.45, 7) is 13.2. The molecule has 1 aromatic rings. The molecule has 0 bridgehead atoms. The van der Waals surface area contributed by atoms with E-state index in [1.165, 1.54) is 12.0 Å². The summed E-state index contributed by atoms with van der Waals surface area (Å²) in [4.78, 5) is 11.9. The Hall–Kier alpha value is -1.20. The zero-order valence-corrected chi connectivity index (χ0v) is 13.8. The molecule has 1 aliphatic heterocycles. The highest BCUT2D eigenvalue weighted by atomic mass is 16.5. The minimum absolute atomic E-state index is 0.00712. The van der Waals surface area contributed by atoms with Crippen LogP contribution >= 0.6 is 0 Å². The van der Waals surface area contributed by atoms with E-state index in [-0.39, 0.29) is 6.10 Å². The summed E-state index contributed by atoms with van der Waals surface area (Å²) in [7, 11) is 0. The van der Waals surface area contributed by atoms with Crippen molar-refractivity contribution in [3.63, 3.8) is 0 Å². The lowest BCUT2D eigenvalue weighted by atomic mass is 10.1. The van der Waals surface area contributed by atoms with Gasteiger partial charge in [-0.25, -0.2) is 9.97 Å². The number of anilines is 1. The molecule has 0 aromatic carbocycles. The van der Waals surface area contributed by atoms with Crippen molar-refractivity contribution in [1.82, 2.24) is 14.9 Å². The van der Waals surface area contributed by atoms with Gasteiger partial charge < -0.3 is 10.1 Å². The molecule has 1 N–H and O–H groups in total. The largest absolute Gasteiger partial charge is 0.370 e. The number of aryl methyl sites for hydroxylation is 1. The molecule has 0 saturated carbocycles. The number of rotatable bonds is 6.